The van der Waals surface area contributed by atoms with Gasteiger partial charge >= 0.3 is 23.9 Å². The maximum atomic E-state index is 14.9. The lowest BCUT2D eigenvalue weighted by Crippen LogP contribution is -2.67. The molecule has 0 bridgehead atoms. The maximum absolute atomic E-state index is 14.9. The molecule has 2 aliphatic carbocycles. The first kappa shape index (κ1) is 28.3. The van der Waals surface area contributed by atoms with Crippen LogP contribution in [-0.2, 0) is 0 Å². The van der Waals surface area contributed by atoms with Gasteiger partial charge in [-0.25, -0.2) is 0 Å². The molecule has 0 unspecified atom stereocenters. The molecule has 0 spiro atoms. The minimum Gasteiger partial charge on any atom is -0.432 e. The van der Waals surface area contributed by atoms with Crippen LogP contribution >= 0.6 is 0 Å². The van der Waals surface area contributed by atoms with Gasteiger partial charge in [0.05, 0.1) is 19.0 Å². The highest BCUT2D eigenvalue weighted by atomic mass is 19.3. The molecule has 1 heterocycles. The molecule has 1 saturated heterocycles. The van der Waals surface area contributed by atoms with Crippen LogP contribution in [0.15, 0.2) is 24.3 Å². The number of halogens is 8. The molecule has 3 fully saturated rings. The van der Waals surface area contributed by atoms with Crippen LogP contribution in [0.1, 0.15) is 71.1 Å². The number of ether oxygens (including phenoxy) is 1. The molecule has 210 valence electrons. The molecule has 0 atom stereocenters. The van der Waals surface area contributed by atoms with E-state index in [9.17, 15) is 35.1 Å². The van der Waals surface area contributed by atoms with Gasteiger partial charge in [0, 0.05) is 5.69 Å². The standard InChI is InChI=1S/C27H35F8NO/c1-2-3-18-4-6-19(7-5-18)20-8-10-21(11-9-20)26(32,33)37-23-14-12-22(13-15-23)36-16-24(28,29)27(34,35)25(30,31)17-36/h12-15,18-21H,2-11,16-17H2,1H3. The Balaban J connectivity index is 1.31. The molecule has 2 saturated carbocycles. The molecule has 37 heavy (non-hydrogen) atoms. The summed E-state index contributed by atoms with van der Waals surface area (Å²) in [5.41, 5.74) is -0.209. The van der Waals surface area contributed by atoms with Gasteiger partial charge in [-0.3, -0.25) is 0 Å². The van der Waals surface area contributed by atoms with Crippen molar-refractivity contribution in [2.75, 3.05) is 18.0 Å². The largest absolute Gasteiger partial charge is 0.432 e. The van der Waals surface area contributed by atoms with E-state index in [1.807, 2.05) is 0 Å². The Labute approximate surface area is 212 Å². The zero-order valence-electron chi connectivity index (χ0n) is 21.0. The first-order valence-corrected chi connectivity index (χ1v) is 13.3. The van der Waals surface area contributed by atoms with E-state index in [-0.39, 0.29) is 11.4 Å². The number of alkyl halides is 8. The van der Waals surface area contributed by atoms with Crippen LogP contribution in [0.25, 0.3) is 0 Å². The van der Waals surface area contributed by atoms with Crippen molar-refractivity contribution in [2.24, 2.45) is 23.7 Å². The van der Waals surface area contributed by atoms with E-state index < -0.39 is 42.9 Å². The molecule has 2 nitrogen and oxygen atoms in total. The summed E-state index contributed by atoms with van der Waals surface area (Å²) < 4.78 is 117. The molecule has 4 rings (SSSR count). The number of nitrogens with zero attached hydrogens (tertiary/aromatic N) is 1. The summed E-state index contributed by atoms with van der Waals surface area (Å²) in [5.74, 6) is -14.7. The van der Waals surface area contributed by atoms with Crippen LogP contribution in [0, 0.1) is 23.7 Å². The predicted octanol–water partition coefficient (Wildman–Crippen LogP) is 8.80. The highest BCUT2D eigenvalue weighted by Gasteiger charge is 2.74. The van der Waals surface area contributed by atoms with Crippen molar-refractivity contribution in [3.8, 4) is 5.75 Å². The molecule has 1 aromatic rings. The smallest absolute Gasteiger partial charge is 0.400 e. The summed E-state index contributed by atoms with van der Waals surface area (Å²) in [6.45, 7) is -1.03. The number of hydrogen-bond donors (Lipinski definition) is 0. The summed E-state index contributed by atoms with van der Waals surface area (Å²) in [6.07, 6.45) is 5.95. The Morgan fingerprint density at radius 3 is 1.76 bits per heavy atom. The predicted molar refractivity (Wildman–Crippen MR) is 125 cm³/mol. The lowest BCUT2D eigenvalue weighted by atomic mass is 9.68. The van der Waals surface area contributed by atoms with Crippen molar-refractivity contribution in [3.63, 3.8) is 0 Å². The molecule has 0 N–H and O–H groups in total. The lowest BCUT2D eigenvalue weighted by molar-refractivity contribution is -0.314. The van der Waals surface area contributed by atoms with Gasteiger partial charge in [-0.2, -0.15) is 35.1 Å². The second kappa shape index (κ2) is 10.4. The fourth-order valence-electron chi connectivity index (χ4n) is 6.43. The summed E-state index contributed by atoms with van der Waals surface area (Å²) in [7, 11) is 0. The third kappa shape index (κ3) is 5.82. The van der Waals surface area contributed by atoms with E-state index in [2.05, 4.69) is 6.92 Å². The van der Waals surface area contributed by atoms with Gasteiger partial charge in [0.2, 0.25) is 0 Å². The van der Waals surface area contributed by atoms with Crippen molar-refractivity contribution in [3.05, 3.63) is 24.3 Å². The van der Waals surface area contributed by atoms with E-state index in [0.717, 1.165) is 43.0 Å². The van der Waals surface area contributed by atoms with Gasteiger partial charge < -0.3 is 9.64 Å². The maximum Gasteiger partial charge on any atom is 0.400 e. The summed E-state index contributed by atoms with van der Waals surface area (Å²) in [6, 6.07) is 4.22. The Bertz CT molecular complexity index is 870. The summed E-state index contributed by atoms with van der Waals surface area (Å²) in [4.78, 5) is 0.427. The van der Waals surface area contributed by atoms with Crippen molar-refractivity contribution in [1.29, 1.82) is 0 Å². The quantitative estimate of drug-likeness (QED) is 0.320. The number of rotatable bonds is 7. The molecule has 0 aromatic heterocycles. The van der Waals surface area contributed by atoms with Crippen molar-refractivity contribution >= 4 is 5.69 Å². The molecular weight excluding hydrogens is 506 g/mol. The molecular formula is C27H35F8NO. The summed E-state index contributed by atoms with van der Waals surface area (Å²) >= 11 is 0. The van der Waals surface area contributed by atoms with E-state index in [1.54, 1.807) is 0 Å². The number of piperidine rings is 1. The second-order valence-corrected chi connectivity index (χ2v) is 11.2. The second-order valence-electron chi connectivity index (χ2n) is 11.2. The first-order chi connectivity index (χ1) is 17.3. The van der Waals surface area contributed by atoms with E-state index >= 15 is 0 Å². The first-order valence-electron chi connectivity index (χ1n) is 13.3. The molecule has 3 aliphatic rings. The Morgan fingerprint density at radius 2 is 1.27 bits per heavy atom. The fraction of sp³-hybridized carbons (Fsp3) is 0.778. The Kier molecular flexibility index (Phi) is 7.98. The SMILES string of the molecule is CCCC1CCC(C2CCC(C(F)(F)Oc3ccc(N4CC(F)(F)C(F)(F)C(F)(F)C4)cc3)CC2)CC1. The molecule has 10 heteroatoms. The topological polar surface area (TPSA) is 12.5 Å². The average Bonchev–Trinajstić information content (AvgIpc) is 2.83. The number of hydrogen-bond acceptors (Lipinski definition) is 2. The average molecular weight is 542 g/mol. The van der Waals surface area contributed by atoms with E-state index in [4.69, 9.17) is 4.74 Å². The van der Waals surface area contributed by atoms with Crippen LogP contribution in [0.3, 0.4) is 0 Å². The highest BCUT2D eigenvalue weighted by Crippen LogP contribution is 2.50. The van der Waals surface area contributed by atoms with Gasteiger partial charge in [-0.1, -0.05) is 32.6 Å². The van der Waals surface area contributed by atoms with Crippen LogP contribution in [0.5, 0.6) is 5.75 Å². The molecule has 0 radical (unpaired) electrons. The number of anilines is 1. The van der Waals surface area contributed by atoms with Crippen molar-refractivity contribution < 1.29 is 39.9 Å². The van der Waals surface area contributed by atoms with Crippen molar-refractivity contribution in [2.45, 2.75) is 95.0 Å². The normalized spacial score (nSPS) is 31.6. The third-order valence-electron chi connectivity index (χ3n) is 8.66. The van der Waals surface area contributed by atoms with Crippen LogP contribution < -0.4 is 9.64 Å². The van der Waals surface area contributed by atoms with Gasteiger partial charge in [0.1, 0.15) is 5.75 Å². The van der Waals surface area contributed by atoms with Gasteiger partial charge in [0.25, 0.3) is 0 Å². The Hall–Kier alpha value is -1.74. The minimum atomic E-state index is -5.48. The van der Waals surface area contributed by atoms with E-state index in [0.29, 0.717) is 29.6 Å². The monoisotopic (exact) mass is 541 g/mol. The van der Waals surface area contributed by atoms with Crippen LogP contribution in [0.4, 0.5) is 40.8 Å². The molecule has 1 aliphatic heterocycles. The van der Waals surface area contributed by atoms with Crippen LogP contribution in [-0.4, -0.2) is 37.0 Å². The van der Waals surface area contributed by atoms with Crippen LogP contribution in [0.2, 0.25) is 0 Å². The van der Waals surface area contributed by atoms with Gasteiger partial charge in [-0.05, 0) is 80.5 Å². The van der Waals surface area contributed by atoms with Crippen molar-refractivity contribution in [1.82, 2.24) is 0 Å². The summed E-state index contributed by atoms with van der Waals surface area (Å²) in [5, 5.41) is 0. The van der Waals surface area contributed by atoms with E-state index in [1.165, 1.54) is 38.5 Å². The van der Waals surface area contributed by atoms with Gasteiger partial charge in [0.15, 0.2) is 0 Å². The zero-order chi connectivity index (χ0) is 27.1. The lowest BCUT2D eigenvalue weighted by Gasteiger charge is -2.43. The molecule has 0 amide bonds. The minimum absolute atomic E-state index is 0.209. The third-order valence-corrected chi connectivity index (χ3v) is 8.66. The Morgan fingerprint density at radius 1 is 0.784 bits per heavy atom. The highest BCUT2D eigenvalue weighted by molar-refractivity contribution is 5.51. The zero-order valence-corrected chi connectivity index (χ0v) is 21.0. The van der Waals surface area contributed by atoms with Gasteiger partial charge in [-0.15, -0.1) is 0 Å². The number of benzene rings is 1. The molecule has 1 aromatic carbocycles. The fourth-order valence-corrected chi connectivity index (χ4v) is 6.43.